The molecule has 4 heteroatoms. The molecule has 3 N–H and O–H groups in total. The molecule has 0 bridgehead atoms. The van der Waals surface area contributed by atoms with Gasteiger partial charge >= 0.3 is 0 Å². The van der Waals surface area contributed by atoms with Crippen LogP contribution in [0.2, 0.25) is 0 Å². The van der Waals surface area contributed by atoms with Crippen LogP contribution in [0.25, 0.3) is 0 Å². The van der Waals surface area contributed by atoms with Gasteiger partial charge in [-0.3, -0.25) is 4.79 Å². The molecule has 0 saturated heterocycles. The van der Waals surface area contributed by atoms with Crippen LogP contribution in [0.1, 0.15) is 19.4 Å². The molecule has 0 spiro atoms. The second kappa shape index (κ2) is 3.24. The molecular formula is C11H14N2O2. The van der Waals surface area contributed by atoms with E-state index < -0.39 is 5.60 Å². The molecule has 1 heterocycles. The van der Waals surface area contributed by atoms with Crippen molar-refractivity contribution in [2.75, 3.05) is 5.32 Å². The Balaban J connectivity index is 2.50. The summed E-state index contributed by atoms with van der Waals surface area (Å²) in [5.41, 5.74) is 6.37. The highest BCUT2D eigenvalue weighted by atomic mass is 16.5. The predicted molar refractivity (Wildman–Crippen MR) is 57.7 cm³/mol. The molecule has 0 fully saturated rings. The summed E-state index contributed by atoms with van der Waals surface area (Å²) < 4.78 is 5.66. The monoisotopic (exact) mass is 206 g/mol. The average molecular weight is 206 g/mol. The van der Waals surface area contributed by atoms with Crippen LogP contribution in [-0.4, -0.2) is 11.5 Å². The molecule has 15 heavy (non-hydrogen) atoms. The molecule has 1 aromatic rings. The zero-order chi connectivity index (χ0) is 11.1. The minimum absolute atomic E-state index is 0.135. The lowest BCUT2D eigenvalue weighted by Gasteiger charge is -2.32. The molecule has 80 valence electrons. The minimum Gasteiger partial charge on any atom is -0.475 e. The lowest BCUT2D eigenvalue weighted by Crippen LogP contribution is -2.46. The van der Waals surface area contributed by atoms with Crippen LogP contribution < -0.4 is 15.8 Å². The molecule has 2 rings (SSSR count). The Kier molecular flexibility index (Phi) is 2.16. The topological polar surface area (TPSA) is 64.3 Å². The number of anilines is 1. The van der Waals surface area contributed by atoms with Crippen molar-refractivity contribution < 1.29 is 9.53 Å². The zero-order valence-corrected chi connectivity index (χ0v) is 8.83. The number of rotatable bonds is 1. The van der Waals surface area contributed by atoms with E-state index in [1.54, 1.807) is 13.8 Å². The number of amides is 1. The molecule has 4 nitrogen and oxygen atoms in total. The number of carbonyl (C=O) groups is 1. The fourth-order valence-electron chi connectivity index (χ4n) is 1.54. The normalized spacial score (nSPS) is 17.7. The zero-order valence-electron chi connectivity index (χ0n) is 8.83. The summed E-state index contributed by atoms with van der Waals surface area (Å²) in [7, 11) is 0. The molecule has 0 aromatic heterocycles. The first kappa shape index (κ1) is 9.98. The number of benzene rings is 1. The van der Waals surface area contributed by atoms with Crippen LogP contribution >= 0.6 is 0 Å². The highest BCUT2D eigenvalue weighted by molar-refractivity contribution is 6.00. The van der Waals surface area contributed by atoms with Crippen LogP contribution in [0.5, 0.6) is 5.75 Å². The van der Waals surface area contributed by atoms with Crippen LogP contribution in [0, 0.1) is 0 Å². The molecule has 1 aliphatic rings. The van der Waals surface area contributed by atoms with E-state index in [2.05, 4.69) is 5.32 Å². The molecule has 0 atom stereocenters. The third kappa shape index (κ3) is 1.57. The van der Waals surface area contributed by atoms with Crippen molar-refractivity contribution in [2.45, 2.75) is 26.0 Å². The Morgan fingerprint density at radius 2 is 2.20 bits per heavy atom. The van der Waals surface area contributed by atoms with Crippen LogP contribution in [0.15, 0.2) is 18.2 Å². The van der Waals surface area contributed by atoms with E-state index in [9.17, 15) is 4.79 Å². The van der Waals surface area contributed by atoms with Gasteiger partial charge in [0, 0.05) is 12.1 Å². The van der Waals surface area contributed by atoms with E-state index in [1.165, 1.54) is 0 Å². The van der Waals surface area contributed by atoms with Crippen LogP contribution in [-0.2, 0) is 11.3 Å². The summed E-state index contributed by atoms with van der Waals surface area (Å²) in [6.07, 6.45) is 0. The Morgan fingerprint density at radius 3 is 2.87 bits per heavy atom. The summed E-state index contributed by atoms with van der Waals surface area (Å²) in [5, 5.41) is 2.81. The third-order valence-electron chi connectivity index (χ3n) is 2.47. The predicted octanol–water partition coefficient (Wildman–Crippen LogP) is 1.25. The Labute approximate surface area is 88.4 Å². The summed E-state index contributed by atoms with van der Waals surface area (Å²) in [5.74, 6) is 0.550. The van der Waals surface area contributed by atoms with E-state index in [0.717, 1.165) is 5.56 Å². The number of ether oxygens (including phenoxy) is 1. The van der Waals surface area contributed by atoms with Gasteiger partial charge in [0.2, 0.25) is 0 Å². The first-order valence-corrected chi connectivity index (χ1v) is 4.87. The van der Waals surface area contributed by atoms with Gasteiger partial charge in [-0.1, -0.05) is 12.1 Å². The Morgan fingerprint density at radius 1 is 1.47 bits per heavy atom. The quantitative estimate of drug-likeness (QED) is 0.727. The van der Waals surface area contributed by atoms with Crippen molar-refractivity contribution in [2.24, 2.45) is 5.73 Å². The Hall–Kier alpha value is -1.55. The molecule has 0 aliphatic carbocycles. The highest BCUT2D eigenvalue weighted by Crippen LogP contribution is 2.36. The summed E-state index contributed by atoms with van der Waals surface area (Å²) in [6.45, 7) is 3.87. The van der Waals surface area contributed by atoms with Crippen LogP contribution in [0.3, 0.4) is 0 Å². The van der Waals surface area contributed by atoms with E-state index >= 15 is 0 Å². The van der Waals surface area contributed by atoms with Crippen molar-refractivity contribution in [3.05, 3.63) is 23.8 Å². The number of para-hydroxylation sites is 1. The van der Waals surface area contributed by atoms with Gasteiger partial charge in [-0.2, -0.15) is 0 Å². The van der Waals surface area contributed by atoms with Crippen molar-refractivity contribution in [3.63, 3.8) is 0 Å². The molecule has 1 aromatic carbocycles. The maximum Gasteiger partial charge on any atom is 0.268 e. The van der Waals surface area contributed by atoms with Gasteiger partial charge in [0.05, 0.1) is 5.69 Å². The lowest BCUT2D eigenvalue weighted by molar-refractivity contribution is -0.129. The molecule has 1 amide bonds. The SMILES string of the molecule is CC1(C)Oc2c(CN)cccc2NC1=O. The minimum atomic E-state index is -0.835. The van der Waals surface area contributed by atoms with Crippen molar-refractivity contribution in [1.82, 2.24) is 0 Å². The first-order valence-electron chi connectivity index (χ1n) is 4.87. The standard InChI is InChI=1S/C11H14N2O2/c1-11(2)10(14)13-8-5-3-4-7(6-12)9(8)15-11/h3-5H,6,12H2,1-2H3,(H,13,14). The largest absolute Gasteiger partial charge is 0.475 e. The molecule has 0 radical (unpaired) electrons. The van der Waals surface area contributed by atoms with Crippen LogP contribution in [0.4, 0.5) is 5.69 Å². The number of nitrogens with one attached hydrogen (secondary N) is 1. The number of hydrogen-bond acceptors (Lipinski definition) is 3. The van der Waals surface area contributed by atoms with Crippen molar-refractivity contribution in [1.29, 1.82) is 0 Å². The van der Waals surface area contributed by atoms with Gasteiger partial charge in [0.25, 0.3) is 5.91 Å². The van der Waals surface area contributed by atoms with Gasteiger partial charge in [0.15, 0.2) is 5.60 Å². The Bertz CT molecular complexity index is 413. The maximum atomic E-state index is 11.6. The number of fused-ring (bicyclic) bond motifs is 1. The van der Waals surface area contributed by atoms with Crippen molar-refractivity contribution in [3.8, 4) is 5.75 Å². The smallest absolute Gasteiger partial charge is 0.268 e. The highest BCUT2D eigenvalue weighted by Gasteiger charge is 2.36. The van der Waals surface area contributed by atoms with E-state index in [-0.39, 0.29) is 5.91 Å². The third-order valence-corrected chi connectivity index (χ3v) is 2.47. The summed E-state index contributed by atoms with van der Waals surface area (Å²) in [6, 6.07) is 5.55. The summed E-state index contributed by atoms with van der Waals surface area (Å²) in [4.78, 5) is 11.6. The number of hydrogen-bond donors (Lipinski definition) is 2. The van der Waals surface area contributed by atoms with E-state index in [1.807, 2.05) is 18.2 Å². The van der Waals surface area contributed by atoms with Gasteiger partial charge in [-0.15, -0.1) is 0 Å². The molecule has 1 aliphatic heterocycles. The fourth-order valence-corrected chi connectivity index (χ4v) is 1.54. The number of carbonyl (C=O) groups excluding carboxylic acids is 1. The second-order valence-corrected chi connectivity index (χ2v) is 4.06. The molecular weight excluding hydrogens is 192 g/mol. The summed E-state index contributed by atoms with van der Waals surface area (Å²) >= 11 is 0. The van der Waals surface area contributed by atoms with Gasteiger partial charge in [-0.05, 0) is 19.9 Å². The van der Waals surface area contributed by atoms with E-state index in [4.69, 9.17) is 10.5 Å². The average Bonchev–Trinajstić information content (AvgIpc) is 2.18. The fraction of sp³-hybridized carbons (Fsp3) is 0.364. The first-order chi connectivity index (χ1) is 7.04. The van der Waals surface area contributed by atoms with Crippen molar-refractivity contribution >= 4 is 11.6 Å². The van der Waals surface area contributed by atoms with Gasteiger partial charge in [-0.25, -0.2) is 0 Å². The van der Waals surface area contributed by atoms with Gasteiger partial charge in [0.1, 0.15) is 5.75 Å². The molecule has 0 unspecified atom stereocenters. The maximum absolute atomic E-state index is 11.6. The molecule has 0 saturated carbocycles. The van der Waals surface area contributed by atoms with Gasteiger partial charge < -0.3 is 15.8 Å². The lowest BCUT2D eigenvalue weighted by atomic mass is 10.0. The second-order valence-electron chi connectivity index (χ2n) is 4.06. The number of nitrogens with two attached hydrogens (primary N) is 1. The van der Waals surface area contributed by atoms with E-state index in [0.29, 0.717) is 18.0 Å².